The lowest BCUT2D eigenvalue weighted by molar-refractivity contribution is 0.0992. The zero-order chi connectivity index (χ0) is 13.5. The minimum atomic E-state index is 0.418. The zero-order valence-corrected chi connectivity index (χ0v) is 12.5. The minimum Gasteiger partial charge on any atom is -0.373 e. The number of aliphatic imine (C=N–C) groups is 1. The second-order valence-corrected chi connectivity index (χ2v) is 7.15. The van der Waals surface area contributed by atoms with E-state index in [0.29, 0.717) is 18.2 Å². The van der Waals surface area contributed by atoms with E-state index in [-0.39, 0.29) is 0 Å². The molecule has 2 saturated carbocycles. The second kappa shape index (κ2) is 5.21. The number of rotatable bonds is 5. The maximum atomic E-state index is 5.91. The van der Waals surface area contributed by atoms with Crippen LogP contribution in [0.5, 0.6) is 0 Å². The Bertz CT molecular complexity index is 377. The third-order valence-corrected chi connectivity index (χ3v) is 5.61. The first-order chi connectivity index (χ1) is 9.83. The van der Waals surface area contributed by atoms with Crippen molar-refractivity contribution in [2.45, 2.75) is 63.2 Å². The number of nitrogens with one attached hydrogen (secondary N) is 2. The van der Waals surface area contributed by atoms with E-state index in [2.05, 4.69) is 15.6 Å². The second-order valence-electron chi connectivity index (χ2n) is 7.15. The highest BCUT2D eigenvalue weighted by Crippen LogP contribution is 2.48. The first-order valence-corrected chi connectivity index (χ1v) is 8.46. The van der Waals surface area contributed by atoms with E-state index in [1.165, 1.54) is 38.5 Å². The normalized spacial score (nSPS) is 36.7. The molecule has 4 aliphatic rings. The van der Waals surface area contributed by atoms with Gasteiger partial charge in [0.15, 0.2) is 5.96 Å². The van der Waals surface area contributed by atoms with Gasteiger partial charge in [-0.1, -0.05) is 0 Å². The number of hydrogen-bond acceptors (Lipinski definition) is 2. The zero-order valence-electron chi connectivity index (χ0n) is 12.5. The molecule has 0 spiro atoms. The molecule has 2 aliphatic heterocycles. The van der Waals surface area contributed by atoms with E-state index in [1.54, 1.807) is 0 Å². The summed E-state index contributed by atoms with van der Waals surface area (Å²) in [6.07, 6.45) is 10.4. The van der Waals surface area contributed by atoms with Crippen LogP contribution in [0.3, 0.4) is 0 Å². The van der Waals surface area contributed by atoms with Crippen LogP contribution in [0.25, 0.3) is 0 Å². The van der Waals surface area contributed by atoms with Crippen molar-refractivity contribution >= 4 is 5.96 Å². The van der Waals surface area contributed by atoms with Crippen molar-refractivity contribution in [3.63, 3.8) is 0 Å². The van der Waals surface area contributed by atoms with Gasteiger partial charge in [-0.25, -0.2) is 0 Å². The molecule has 112 valence electrons. The van der Waals surface area contributed by atoms with Gasteiger partial charge in [-0.15, -0.1) is 0 Å². The molecule has 0 amide bonds. The van der Waals surface area contributed by atoms with Gasteiger partial charge >= 0.3 is 0 Å². The summed E-state index contributed by atoms with van der Waals surface area (Å²) in [5, 5.41) is 7.17. The van der Waals surface area contributed by atoms with Crippen LogP contribution in [-0.4, -0.2) is 37.8 Å². The van der Waals surface area contributed by atoms with Crippen molar-refractivity contribution < 1.29 is 4.74 Å². The molecular formula is C16H27N3O. The van der Waals surface area contributed by atoms with Gasteiger partial charge in [0.2, 0.25) is 0 Å². The average molecular weight is 277 g/mol. The van der Waals surface area contributed by atoms with Crippen molar-refractivity contribution in [3.05, 3.63) is 0 Å². The fourth-order valence-electron chi connectivity index (χ4n) is 4.14. The van der Waals surface area contributed by atoms with Crippen LogP contribution in [0, 0.1) is 17.8 Å². The number of fused-ring (bicyclic) bond motifs is 2. The van der Waals surface area contributed by atoms with Gasteiger partial charge in [-0.05, 0) is 62.7 Å². The monoisotopic (exact) mass is 277 g/mol. The van der Waals surface area contributed by atoms with Gasteiger partial charge in [-0.2, -0.15) is 0 Å². The lowest BCUT2D eigenvalue weighted by Gasteiger charge is -2.24. The Kier molecular flexibility index (Phi) is 3.37. The quantitative estimate of drug-likeness (QED) is 0.596. The molecule has 2 N–H and O–H groups in total. The number of nitrogens with zero attached hydrogens (tertiary/aromatic N) is 1. The molecular weight excluding hydrogens is 250 g/mol. The van der Waals surface area contributed by atoms with Crippen LogP contribution >= 0.6 is 0 Å². The summed E-state index contributed by atoms with van der Waals surface area (Å²) in [5.41, 5.74) is 0. The lowest BCUT2D eigenvalue weighted by Crippen LogP contribution is -2.48. The predicted octanol–water partition coefficient (Wildman–Crippen LogP) is 1.91. The molecule has 2 saturated heterocycles. The fourth-order valence-corrected chi connectivity index (χ4v) is 4.14. The third-order valence-electron chi connectivity index (χ3n) is 5.61. The number of guanidine groups is 1. The minimum absolute atomic E-state index is 0.418. The molecule has 0 aromatic carbocycles. The highest BCUT2D eigenvalue weighted by molar-refractivity contribution is 5.80. The molecule has 4 heteroatoms. The van der Waals surface area contributed by atoms with Crippen LogP contribution in [0.2, 0.25) is 0 Å². The summed E-state index contributed by atoms with van der Waals surface area (Å²) >= 11 is 0. The van der Waals surface area contributed by atoms with Crippen molar-refractivity contribution in [1.29, 1.82) is 0 Å². The Morgan fingerprint density at radius 1 is 1.15 bits per heavy atom. The van der Waals surface area contributed by atoms with Crippen LogP contribution in [0.4, 0.5) is 0 Å². The molecule has 20 heavy (non-hydrogen) atoms. The van der Waals surface area contributed by atoms with Crippen molar-refractivity contribution in [1.82, 2.24) is 10.6 Å². The molecule has 4 fully saturated rings. The standard InChI is InChI=1S/C16H27N3O/c1-17-16(19-14-8-12-6-7-15(14)20-12)18-9-13(10-2-3-10)11-4-5-11/h10-15H,2-9H2,1H3,(H2,17,18,19). The Morgan fingerprint density at radius 3 is 2.40 bits per heavy atom. The number of hydrogen-bond donors (Lipinski definition) is 2. The molecule has 2 bridgehead atoms. The molecule has 2 heterocycles. The molecule has 2 aliphatic carbocycles. The molecule has 0 radical (unpaired) electrons. The van der Waals surface area contributed by atoms with Gasteiger partial charge in [0.25, 0.3) is 0 Å². The van der Waals surface area contributed by atoms with Gasteiger partial charge in [0.1, 0.15) is 0 Å². The average Bonchev–Trinajstić information content (AvgIpc) is 3.39. The molecule has 0 aromatic rings. The van der Waals surface area contributed by atoms with Crippen LogP contribution in [-0.2, 0) is 4.74 Å². The summed E-state index contributed by atoms with van der Waals surface area (Å²) in [7, 11) is 1.88. The Labute approximate surface area is 121 Å². The highest BCUT2D eigenvalue weighted by Gasteiger charge is 2.42. The smallest absolute Gasteiger partial charge is 0.191 e. The lowest BCUT2D eigenvalue weighted by atomic mass is 9.95. The summed E-state index contributed by atoms with van der Waals surface area (Å²) in [6.45, 7) is 1.11. The third kappa shape index (κ3) is 2.67. The van der Waals surface area contributed by atoms with Gasteiger partial charge < -0.3 is 15.4 Å². The Balaban J connectivity index is 1.28. The molecule has 4 nitrogen and oxygen atoms in total. The van der Waals surface area contributed by atoms with E-state index in [0.717, 1.165) is 36.7 Å². The van der Waals surface area contributed by atoms with Gasteiger partial charge in [-0.3, -0.25) is 4.99 Å². The summed E-state index contributed by atoms with van der Waals surface area (Å²) in [4.78, 5) is 4.41. The summed E-state index contributed by atoms with van der Waals surface area (Å²) in [5.74, 6) is 3.88. The van der Waals surface area contributed by atoms with Crippen LogP contribution in [0.15, 0.2) is 4.99 Å². The summed E-state index contributed by atoms with van der Waals surface area (Å²) < 4.78 is 5.91. The molecule has 3 atom stereocenters. The van der Waals surface area contributed by atoms with Gasteiger partial charge in [0, 0.05) is 13.6 Å². The first kappa shape index (κ1) is 12.9. The van der Waals surface area contributed by atoms with Crippen molar-refractivity contribution in [3.8, 4) is 0 Å². The van der Waals surface area contributed by atoms with Gasteiger partial charge in [0.05, 0.1) is 18.2 Å². The number of ether oxygens (including phenoxy) is 1. The Morgan fingerprint density at radius 2 is 1.90 bits per heavy atom. The summed E-state index contributed by atoms with van der Waals surface area (Å²) in [6, 6.07) is 0.472. The van der Waals surface area contributed by atoms with E-state index in [1.807, 2.05) is 7.05 Å². The van der Waals surface area contributed by atoms with Crippen LogP contribution < -0.4 is 10.6 Å². The predicted molar refractivity (Wildman–Crippen MR) is 79.7 cm³/mol. The SMILES string of the molecule is CN=C(NCC(C1CC1)C1CC1)NC1CC2CCC1O2. The maximum Gasteiger partial charge on any atom is 0.191 e. The van der Waals surface area contributed by atoms with E-state index >= 15 is 0 Å². The van der Waals surface area contributed by atoms with E-state index in [4.69, 9.17) is 4.74 Å². The first-order valence-electron chi connectivity index (χ1n) is 8.46. The topological polar surface area (TPSA) is 45.7 Å². The largest absolute Gasteiger partial charge is 0.373 e. The molecule has 4 rings (SSSR count). The highest BCUT2D eigenvalue weighted by atomic mass is 16.5. The Hall–Kier alpha value is -0.770. The maximum absolute atomic E-state index is 5.91. The van der Waals surface area contributed by atoms with Crippen LogP contribution in [0.1, 0.15) is 44.9 Å². The van der Waals surface area contributed by atoms with Crippen molar-refractivity contribution in [2.75, 3.05) is 13.6 Å². The fraction of sp³-hybridized carbons (Fsp3) is 0.938. The molecule has 3 unspecified atom stereocenters. The van der Waals surface area contributed by atoms with E-state index < -0.39 is 0 Å². The van der Waals surface area contributed by atoms with Crippen molar-refractivity contribution in [2.24, 2.45) is 22.7 Å². The van der Waals surface area contributed by atoms with E-state index in [9.17, 15) is 0 Å². The molecule has 0 aromatic heterocycles.